The number of carbonyl (C=O) groups excluding carboxylic acids is 2. The second-order valence-electron chi connectivity index (χ2n) is 8.05. The molecule has 0 fully saturated rings. The van der Waals surface area contributed by atoms with E-state index in [9.17, 15) is 9.59 Å². The zero-order valence-electron chi connectivity index (χ0n) is 18.1. The standard InChI is InChI=1S/C24H22ClN3O4S/c1-28-10-9-16-19(12-28)33-23-20(16)22(29)26-21(27-23)14-5-8-17(18(11-14)31-2)32-24(30)13-3-6-15(25)7-4-13/h3-8,11,21,27H,9-10,12H2,1-2H3,(H,26,29)/t21-/m1/s1. The van der Waals surface area contributed by atoms with E-state index < -0.39 is 12.1 Å². The summed E-state index contributed by atoms with van der Waals surface area (Å²) in [5.74, 6) is 0.0935. The van der Waals surface area contributed by atoms with E-state index in [1.807, 2.05) is 0 Å². The molecule has 9 heteroatoms. The number of carbonyl (C=O) groups is 2. The fraction of sp³-hybridized carbons (Fsp3) is 0.250. The number of rotatable bonds is 4. The van der Waals surface area contributed by atoms with Crippen LogP contribution in [-0.2, 0) is 13.0 Å². The molecule has 0 radical (unpaired) electrons. The summed E-state index contributed by atoms with van der Waals surface area (Å²) in [4.78, 5) is 28.9. The number of amides is 1. The van der Waals surface area contributed by atoms with Crippen molar-refractivity contribution in [3.63, 3.8) is 0 Å². The lowest BCUT2D eigenvalue weighted by Crippen LogP contribution is -2.38. The number of ether oxygens (including phenoxy) is 2. The first-order valence-electron chi connectivity index (χ1n) is 10.5. The normalized spacial score (nSPS) is 17.4. The van der Waals surface area contributed by atoms with Crippen molar-refractivity contribution in [2.24, 2.45) is 0 Å². The van der Waals surface area contributed by atoms with Gasteiger partial charge in [0.2, 0.25) is 0 Å². The summed E-state index contributed by atoms with van der Waals surface area (Å²) in [5, 5.41) is 7.93. The summed E-state index contributed by atoms with van der Waals surface area (Å²) in [6, 6.07) is 11.7. The van der Waals surface area contributed by atoms with Crippen LogP contribution in [0.5, 0.6) is 11.5 Å². The molecule has 2 aliphatic rings. The Labute approximate surface area is 200 Å². The SMILES string of the molecule is COc1cc([C@@H]2NC(=O)c3c(sc4c3CCN(C)C4)N2)ccc1OC(=O)c1ccc(Cl)cc1. The smallest absolute Gasteiger partial charge is 0.343 e. The van der Waals surface area contributed by atoms with Crippen LogP contribution in [0, 0.1) is 0 Å². The zero-order valence-corrected chi connectivity index (χ0v) is 19.7. The Hall–Kier alpha value is -3.07. The van der Waals surface area contributed by atoms with Gasteiger partial charge in [-0.2, -0.15) is 0 Å². The van der Waals surface area contributed by atoms with Crippen LogP contribution in [0.15, 0.2) is 42.5 Å². The largest absolute Gasteiger partial charge is 0.493 e. The summed E-state index contributed by atoms with van der Waals surface area (Å²) in [7, 11) is 3.60. The van der Waals surface area contributed by atoms with Gasteiger partial charge in [-0.25, -0.2) is 4.79 Å². The molecule has 2 aromatic carbocycles. The van der Waals surface area contributed by atoms with Crippen LogP contribution in [0.1, 0.15) is 42.9 Å². The predicted octanol–water partition coefficient (Wildman–Crippen LogP) is 4.47. The molecule has 0 saturated heterocycles. The molecule has 1 amide bonds. The molecule has 2 aliphatic heterocycles. The van der Waals surface area contributed by atoms with Crippen molar-refractivity contribution in [2.45, 2.75) is 19.1 Å². The van der Waals surface area contributed by atoms with Crippen LogP contribution in [0.4, 0.5) is 5.00 Å². The summed E-state index contributed by atoms with van der Waals surface area (Å²) >= 11 is 7.52. The number of benzene rings is 2. The molecule has 1 aromatic heterocycles. The van der Waals surface area contributed by atoms with Crippen LogP contribution in [-0.4, -0.2) is 37.5 Å². The fourth-order valence-corrected chi connectivity index (χ4v) is 5.58. The number of hydrogen-bond donors (Lipinski definition) is 2. The number of thiophene rings is 1. The highest BCUT2D eigenvalue weighted by Crippen LogP contribution is 2.41. The van der Waals surface area contributed by atoms with E-state index in [4.69, 9.17) is 21.1 Å². The van der Waals surface area contributed by atoms with Gasteiger partial charge in [0.1, 0.15) is 11.2 Å². The zero-order chi connectivity index (χ0) is 23.1. The maximum absolute atomic E-state index is 13.0. The van der Waals surface area contributed by atoms with Gasteiger partial charge in [-0.05, 0) is 61.0 Å². The molecule has 0 unspecified atom stereocenters. The van der Waals surface area contributed by atoms with Gasteiger partial charge in [-0.3, -0.25) is 4.79 Å². The Bertz CT molecular complexity index is 1240. The number of methoxy groups -OCH3 is 1. The molecule has 170 valence electrons. The number of hydrogen-bond acceptors (Lipinski definition) is 7. The minimum atomic E-state index is -0.513. The predicted molar refractivity (Wildman–Crippen MR) is 128 cm³/mol. The van der Waals surface area contributed by atoms with Crippen molar-refractivity contribution < 1.29 is 19.1 Å². The number of esters is 1. The fourth-order valence-electron chi connectivity index (χ4n) is 4.10. The van der Waals surface area contributed by atoms with E-state index >= 15 is 0 Å². The highest BCUT2D eigenvalue weighted by Gasteiger charge is 2.33. The second-order valence-corrected chi connectivity index (χ2v) is 9.59. The average molecular weight is 484 g/mol. The van der Waals surface area contributed by atoms with Gasteiger partial charge in [0, 0.05) is 23.0 Å². The molecule has 3 aromatic rings. The number of likely N-dealkylation sites (N-methyl/N-ethyl adjacent to an activating group) is 1. The van der Waals surface area contributed by atoms with Crippen molar-refractivity contribution in [3.8, 4) is 11.5 Å². The van der Waals surface area contributed by atoms with E-state index in [1.165, 1.54) is 12.0 Å². The van der Waals surface area contributed by atoms with Gasteiger partial charge in [-0.15, -0.1) is 11.3 Å². The Morgan fingerprint density at radius 2 is 1.94 bits per heavy atom. The van der Waals surface area contributed by atoms with Crippen molar-refractivity contribution in [2.75, 3.05) is 26.0 Å². The lowest BCUT2D eigenvalue weighted by atomic mass is 10.0. The Morgan fingerprint density at radius 1 is 1.15 bits per heavy atom. The highest BCUT2D eigenvalue weighted by atomic mass is 35.5. The molecule has 0 spiro atoms. The van der Waals surface area contributed by atoms with Crippen LogP contribution >= 0.6 is 22.9 Å². The molecule has 1 atom stereocenters. The topological polar surface area (TPSA) is 79.9 Å². The summed E-state index contributed by atoms with van der Waals surface area (Å²) in [6.45, 7) is 1.80. The summed E-state index contributed by atoms with van der Waals surface area (Å²) < 4.78 is 11.0. The van der Waals surface area contributed by atoms with Crippen molar-refractivity contribution >= 4 is 39.8 Å². The minimum absolute atomic E-state index is 0.0759. The molecule has 2 N–H and O–H groups in total. The molecule has 0 bridgehead atoms. The van der Waals surface area contributed by atoms with Gasteiger partial charge in [0.15, 0.2) is 11.5 Å². The molecule has 33 heavy (non-hydrogen) atoms. The van der Waals surface area contributed by atoms with E-state index in [1.54, 1.807) is 53.8 Å². The monoisotopic (exact) mass is 483 g/mol. The Kier molecular flexibility index (Phi) is 5.74. The van der Waals surface area contributed by atoms with Crippen molar-refractivity contribution in [1.82, 2.24) is 10.2 Å². The highest BCUT2D eigenvalue weighted by molar-refractivity contribution is 7.16. The number of fused-ring (bicyclic) bond motifs is 3. The summed E-state index contributed by atoms with van der Waals surface area (Å²) in [5.41, 5.74) is 3.09. The number of nitrogens with one attached hydrogen (secondary N) is 2. The minimum Gasteiger partial charge on any atom is -0.493 e. The molecule has 3 heterocycles. The van der Waals surface area contributed by atoms with Crippen LogP contribution in [0.2, 0.25) is 5.02 Å². The third-order valence-electron chi connectivity index (χ3n) is 5.83. The van der Waals surface area contributed by atoms with E-state index in [0.29, 0.717) is 22.1 Å². The molecular formula is C24H22ClN3O4S. The lowest BCUT2D eigenvalue weighted by molar-refractivity contribution is 0.0729. The first-order chi connectivity index (χ1) is 15.9. The number of anilines is 1. The van der Waals surface area contributed by atoms with Gasteiger partial charge >= 0.3 is 5.97 Å². The second kappa shape index (κ2) is 8.70. The van der Waals surface area contributed by atoms with Gasteiger partial charge in [0.05, 0.1) is 18.2 Å². The van der Waals surface area contributed by atoms with Crippen LogP contribution < -0.4 is 20.1 Å². The van der Waals surface area contributed by atoms with Crippen molar-refractivity contribution in [1.29, 1.82) is 0 Å². The van der Waals surface area contributed by atoms with Gasteiger partial charge < -0.3 is 25.0 Å². The van der Waals surface area contributed by atoms with Crippen LogP contribution in [0.25, 0.3) is 0 Å². The quantitative estimate of drug-likeness (QED) is 0.421. The molecule has 0 saturated carbocycles. The van der Waals surface area contributed by atoms with E-state index in [0.717, 1.165) is 41.2 Å². The molecular weight excluding hydrogens is 462 g/mol. The maximum Gasteiger partial charge on any atom is 0.343 e. The third kappa shape index (κ3) is 4.17. The first kappa shape index (κ1) is 21.8. The number of halogens is 1. The van der Waals surface area contributed by atoms with Crippen molar-refractivity contribution in [3.05, 3.63) is 74.6 Å². The Morgan fingerprint density at radius 3 is 2.70 bits per heavy atom. The third-order valence-corrected chi connectivity index (χ3v) is 7.23. The van der Waals surface area contributed by atoms with Crippen LogP contribution in [0.3, 0.4) is 0 Å². The Balaban J connectivity index is 1.38. The molecule has 0 aliphatic carbocycles. The average Bonchev–Trinajstić information content (AvgIpc) is 3.17. The summed E-state index contributed by atoms with van der Waals surface area (Å²) in [6.07, 6.45) is 0.455. The van der Waals surface area contributed by atoms with Gasteiger partial charge in [0.25, 0.3) is 5.91 Å². The van der Waals surface area contributed by atoms with Gasteiger partial charge in [-0.1, -0.05) is 17.7 Å². The lowest BCUT2D eigenvalue weighted by Gasteiger charge is -2.27. The maximum atomic E-state index is 13.0. The molecule has 7 nitrogen and oxygen atoms in total. The van der Waals surface area contributed by atoms with E-state index in [-0.39, 0.29) is 5.91 Å². The number of nitrogens with zero attached hydrogens (tertiary/aromatic N) is 1. The first-order valence-corrected chi connectivity index (χ1v) is 11.7. The molecule has 5 rings (SSSR count). The van der Waals surface area contributed by atoms with E-state index in [2.05, 4.69) is 22.6 Å².